The second kappa shape index (κ2) is 4.52. The number of aryl methyl sites for hydroxylation is 1. The molecule has 1 aromatic rings. The fourth-order valence-electron chi connectivity index (χ4n) is 1.89. The summed E-state index contributed by atoms with van der Waals surface area (Å²) in [5, 5.41) is 18.2. The van der Waals surface area contributed by atoms with Crippen LogP contribution in [0.4, 0.5) is 0 Å². The molecular formula is C12H13N3O2. The van der Waals surface area contributed by atoms with Gasteiger partial charge in [-0.15, -0.1) is 0 Å². The Morgan fingerprint density at radius 1 is 1.65 bits per heavy atom. The minimum absolute atomic E-state index is 0.186. The van der Waals surface area contributed by atoms with Gasteiger partial charge in [0.25, 0.3) is 5.91 Å². The molecule has 1 amide bonds. The SMILES string of the molecule is Cc1nc(C(=O)N2CC[C@H](O)C2)ccc1C#N. The molecular weight excluding hydrogens is 218 g/mol. The van der Waals surface area contributed by atoms with E-state index >= 15 is 0 Å². The number of likely N-dealkylation sites (tertiary alicyclic amines) is 1. The van der Waals surface area contributed by atoms with E-state index < -0.39 is 6.10 Å². The highest BCUT2D eigenvalue weighted by Gasteiger charge is 2.26. The molecule has 1 saturated heterocycles. The fraction of sp³-hybridized carbons (Fsp3) is 0.417. The summed E-state index contributed by atoms with van der Waals surface area (Å²) < 4.78 is 0. The highest BCUT2D eigenvalue weighted by Crippen LogP contribution is 2.13. The monoisotopic (exact) mass is 231 g/mol. The Morgan fingerprint density at radius 2 is 2.41 bits per heavy atom. The average molecular weight is 231 g/mol. The highest BCUT2D eigenvalue weighted by atomic mass is 16.3. The Hall–Kier alpha value is -1.93. The molecule has 0 bridgehead atoms. The molecule has 1 atom stereocenters. The molecule has 2 rings (SSSR count). The number of amides is 1. The number of aromatic nitrogens is 1. The molecule has 0 aliphatic carbocycles. The van der Waals surface area contributed by atoms with E-state index in [-0.39, 0.29) is 5.91 Å². The summed E-state index contributed by atoms with van der Waals surface area (Å²) in [6.45, 7) is 2.62. The van der Waals surface area contributed by atoms with Crippen molar-refractivity contribution in [3.63, 3.8) is 0 Å². The Kier molecular flexibility index (Phi) is 3.07. The summed E-state index contributed by atoms with van der Waals surface area (Å²) in [5.41, 5.74) is 1.36. The van der Waals surface area contributed by atoms with E-state index in [1.807, 2.05) is 6.07 Å². The predicted octanol–water partition coefficient (Wildman–Crippen LogP) is 0.468. The molecule has 17 heavy (non-hydrogen) atoms. The number of nitriles is 1. The van der Waals surface area contributed by atoms with Gasteiger partial charge in [-0.3, -0.25) is 4.79 Å². The van der Waals surface area contributed by atoms with E-state index in [4.69, 9.17) is 5.26 Å². The van der Waals surface area contributed by atoms with Crippen molar-refractivity contribution in [1.29, 1.82) is 5.26 Å². The third kappa shape index (κ3) is 2.27. The number of hydrogen-bond donors (Lipinski definition) is 1. The lowest BCUT2D eigenvalue weighted by atomic mass is 10.2. The molecule has 5 nitrogen and oxygen atoms in total. The summed E-state index contributed by atoms with van der Waals surface area (Å²) in [7, 11) is 0. The minimum Gasteiger partial charge on any atom is -0.391 e. The molecule has 1 aliphatic rings. The van der Waals surface area contributed by atoms with Crippen molar-refractivity contribution >= 4 is 5.91 Å². The van der Waals surface area contributed by atoms with Crippen molar-refractivity contribution in [2.75, 3.05) is 13.1 Å². The normalized spacial score (nSPS) is 19.1. The summed E-state index contributed by atoms with van der Waals surface area (Å²) in [5.74, 6) is -0.186. The maximum Gasteiger partial charge on any atom is 0.272 e. The predicted molar refractivity (Wildman–Crippen MR) is 60.2 cm³/mol. The van der Waals surface area contributed by atoms with Crippen LogP contribution in [0, 0.1) is 18.3 Å². The number of β-amino-alcohol motifs (C(OH)–C–C–N with tert-alkyl or cyclic N) is 1. The Bertz CT molecular complexity index is 493. The lowest BCUT2D eigenvalue weighted by Gasteiger charge is -2.15. The number of aliphatic hydroxyl groups is 1. The molecule has 5 heteroatoms. The van der Waals surface area contributed by atoms with Crippen LogP contribution in [-0.2, 0) is 0 Å². The zero-order valence-corrected chi connectivity index (χ0v) is 9.55. The van der Waals surface area contributed by atoms with Crippen molar-refractivity contribution in [1.82, 2.24) is 9.88 Å². The minimum atomic E-state index is -0.432. The maximum absolute atomic E-state index is 12.0. The van der Waals surface area contributed by atoms with Gasteiger partial charge in [0.1, 0.15) is 11.8 Å². The van der Waals surface area contributed by atoms with Gasteiger partial charge in [-0.25, -0.2) is 4.98 Å². The van der Waals surface area contributed by atoms with Crippen LogP contribution >= 0.6 is 0 Å². The molecule has 1 fully saturated rings. The summed E-state index contributed by atoms with van der Waals surface area (Å²) in [6.07, 6.45) is 0.180. The van der Waals surface area contributed by atoms with E-state index in [1.54, 1.807) is 24.0 Å². The molecule has 0 radical (unpaired) electrons. The number of nitrogens with zero attached hydrogens (tertiary/aromatic N) is 3. The quantitative estimate of drug-likeness (QED) is 0.762. The topological polar surface area (TPSA) is 77.2 Å². The molecule has 2 heterocycles. The van der Waals surface area contributed by atoms with E-state index in [0.717, 1.165) is 0 Å². The fourth-order valence-corrected chi connectivity index (χ4v) is 1.89. The van der Waals surface area contributed by atoms with Gasteiger partial charge < -0.3 is 10.0 Å². The first-order valence-electron chi connectivity index (χ1n) is 5.47. The number of rotatable bonds is 1. The van der Waals surface area contributed by atoms with Crippen LogP contribution in [-0.4, -0.2) is 40.1 Å². The molecule has 1 N–H and O–H groups in total. The van der Waals surface area contributed by atoms with E-state index in [0.29, 0.717) is 36.5 Å². The number of aliphatic hydroxyl groups excluding tert-OH is 1. The largest absolute Gasteiger partial charge is 0.391 e. The molecule has 1 aromatic heterocycles. The Labute approximate surface area is 99.3 Å². The third-order valence-electron chi connectivity index (χ3n) is 2.88. The Balaban J connectivity index is 2.20. The summed E-state index contributed by atoms with van der Waals surface area (Å²) in [6, 6.07) is 5.16. The van der Waals surface area contributed by atoms with Gasteiger partial charge in [0.15, 0.2) is 0 Å². The smallest absolute Gasteiger partial charge is 0.272 e. The molecule has 0 unspecified atom stereocenters. The van der Waals surface area contributed by atoms with Gasteiger partial charge in [0.2, 0.25) is 0 Å². The van der Waals surface area contributed by atoms with Gasteiger partial charge in [-0.2, -0.15) is 5.26 Å². The standard InChI is InChI=1S/C12H13N3O2/c1-8-9(6-13)2-3-11(14-8)12(17)15-5-4-10(16)7-15/h2-3,10,16H,4-5,7H2,1H3/t10-/m0/s1. The van der Waals surface area contributed by atoms with Crippen LogP contribution in [0.2, 0.25) is 0 Å². The van der Waals surface area contributed by atoms with Crippen LogP contribution in [0.5, 0.6) is 0 Å². The van der Waals surface area contributed by atoms with E-state index in [1.165, 1.54) is 0 Å². The van der Waals surface area contributed by atoms with Gasteiger partial charge in [0, 0.05) is 13.1 Å². The highest BCUT2D eigenvalue weighted by molar-refractivity contribution is 5.92. The van der Waals surface area contributed by atoms with Crippen molar-refractivity contribution in [2.24, 2.45) is 0 Å². The average Bonchev–Trinajstić information content (AvgIpc) is 2.75. The summed E-state index contributed by atoms with van der Waals surface area (Å²) in [4.78, 5) is 17.7. The zero-order valence-electron chi connectivity index (χ0n) is 9.55. The van der Waals surface area contributed by atoms with Gasteiger partial charge in [0.05, 0.1) is 17.4 Å². The van der Waals surface area contributed by atoms with Crippen molar-refractivity contribution in [3.05, 3.63) is 29.1 Å². The molecule has 88 valence electrons. The van der Waals surface area contributed by atoms with Crippen LogP contribution in [0.3, 0.4) is 0 Å². The molecule has 0 spiro atoms. The second-order valence-electron chi connectivity index (χ2n) is 4.13. The van der Waals surface area contributed by atoms with Crippen LogP contribution < -0.4 is 0 Å². The first-order valence-corrected chi connectivity index (χ1v) is 5.47. The maximum atomic E-state index is 12.0. The third-order valence-corrected chi connectivity index (χ3v) is 2.88. The van der Waals surface area contributed by atoms with Crippen LogP contribution in [0.25, 0.3) is 0 Å². The number of pyridine rings is 1. The summed E-state index contributed by atoms with van der Waals surface area (Å²) >= 11 is 0. The second-order valence-corrected chi connectivity index (χ2v) is 4.13. The van der Waals surface area contributed by atoms with Crippen molar-refractivity contribution < 1.29 is 9.90 Å². The van der Waals surface area contributed by atoms with Gasteiger partial charge in [-0.05, 0) is 25.5 Å². The van der Waals surface area contributed by atoms with Crippen LogP contribution in [0.1, 0.15) is 28.2 Å². The lowest BCUT2D eigenvalue weighted by molar-refractivity contribution is 0.0759. The number of carbonyl (C=O) groups excluding carboxylic acids is 1. The van der Waals surface area contributed by atoms with E-state index in [2.05, 4.69) is 4.98 Å². The van der Waals surface area contributed by atoms with Crippen molar-refractivity contribution in [3.8, 4) is 6.07 Å². The Morgan fingerprint density at radius 3 is 2.94 bits per heavy atom. The number of hydrogen-bond acceptors (Lipinski definition) is 4. The van der Waals surface area contributed by atoms with E-state index in [9.17, 15) is 9.90 Å². The first kappa shape index (κ1) is 11.6. The zero-order chi connectivity index (χ0) is 12.4. The lowest BCUT2D eigenvalue weighted by Crippen LogP contribution is -2.30. The first-order chi connectivity index (χ1) is 8.11. The molecule has 0 aromatic carbocycles. The van der Waals surface area contributed by atoms with Gasteiger partial charge in [-0.1, -0.05) is 0 Å². The number of carbonyl (C=O) groups is 1. The van der Waals surface area contributed by atoms with Crippen molar-refractivity contribution in [2.45, 2.75) is 19.4 Å². The molecule has 1 aliphatic heterocycles. The van der Waals surface area contributed by atoms with Crippen LogP contribution in [0.15, 0.2) is 12.1 Å². The molecule has 0 saturated carbocycles. The van der Waals surface area contributed by atoms with Gasteiger partial charge >= 0.3 is 0 Å².